The Balaban J connectivity index is 2.62. The van der Waals surface area contributed by atoms with Crippen molar-refractivity contribution in [3.63, 3.8) is 0 Å². The highest BCUT2D eigenvalue weighted by molar-refractivity contribution is 5.84. The molecule has 1 heterocycles. The zero-order chi connectivity index (χ0) is 11.5. The molecule has 1 N–H and O–H groups in total. The quantitative estimate of drug-likeness (QED) is 0.832. The first-order valence-corrected chi connectivity index (χ1v) is 4.52. The molecule has 6 nitrogen and oxygen atoms in total. The number of nitrogens with zero attached hydrogens (tertiary/aromatic N) is 3. The van der Waals surface area contributed by atoms with Gasteiger partial charge in [-0.25, -0.2) is 9.36 Å². The highest BCUT2D eigenvalue weighted by atomic mass is 16.5. The van der Waals surface area contributed by atoms with E-state index in [1.54, 1.807) is 24.3 Å². The molecule has 0 aliphatic heterocycles. The van der Waals surface area contributed by atoms with Crippen molar-refractivity contribution in [3.8, 4) is 11.7 Å². The summed E-state index contributed by atoms with van der Waals surface area (Å²) < 4.78 is 6.29. The van der Waals surface area contributed by atoms with Crippen LogP contribution in [0, 0.1) is 0 Å². The average molecular weight is 219 g/mol. The second-order valence-electron chi connectivity index (χ2n) is 2.99. The fraction of sp³-hybridized carbons (Fsp3) is 0.100. The lowest BCUT2D eigenvalue weighted by molar-refractivity contribution is 0.0680. The highest BCUT2D eigenvalue weighted by Crippen LogP contribution is 2.17. The Hall–Kier alpha value is -2.37. The van der Waals surface area contributed by atoms with Crippen molar-refractivity contribution < 1.29 is 14.6 Å². The molecule has 0 bridgehead atoms. The van der Waals surface area contributed by atoms with E-state index in [0.29, 0.717) is 5.69 Å². The van der Waals surface area contributed by atoms with Crippen LogP contribution in [0.1, 0.15) is 10.6 Å². The number of carbonyl (C=O) groups is 1. The van der Waals surface area contributed by atoms with Crippen LogP contribution in [0.5, 0.6) is 6.01 Å². The molecule has 0 unspecified atom stereocenters. The molecule has 0 fully saturated rings. The molecule has 2 rings (SSSR count). The zero-order valence-electron chi connectivity index (χ0n) is 8.49. The summed E-state index contributed by atoms with van der Waals surface area (Å²) in [6, 6.07) is 9.06. The van der Waals surface area contributed by atoms with Gasteiger partial charge in [-0.15, -0.1) is 5.10 Å². The third kappa shape index (κ3) is 1.60. The van der Waals surface area contributed by atoms with Gasteiger partial charge in [-0.05, 0) is 12.1 Å². The van der Waals surface area contributed by atoms with Gasteiger partial charge in [0.2, 0.25) is 5.82 Å². The van der Waals surface area contributed by atoms with E-state index in [1.807, 2.05) is 6.07 Å². The number of aromatic carboxylic acids is 1. The summed E-state index contributed by atoms with van der Waals surface area (Å²) in [5.74, 6) is -1.33. The van der Waals surface area contributed by atoms with Gasteiger partial charge >= 0.3 is 12.0 Å². The Bertz CT molecular complexity index is 507. The minimum Gasteiger partial charge on any atom is -0.475 e. The molecule has 0 amide bonds. The summed E-state index contributed by atoms with van der Waals surface area (Å²) in [6.07, 6.45) is 0. The lowest BCUT2D eigenvalue weighted by atomic mass is 10.3. The van der Waals surface area contributed by atoms with Gasteiger partial charge in [-0.3, -0.25) is 0 Å². The van der Waals surface area contributed by atoms with Crippen LogP contribution >= 0.6 is 0 Å². The summed E-state index contributed by atoms with van der Waals surface area (Å²) in [5, 5.41) is 16.2. The molecular formula is C10H9N3O3. The van der Waals surface area contributed by atoms with Crippen LogP contribution in [0.25, 0.3) is 5.69 Å². The summed E-state index contributed by atoms with van der Waals surface area (Å²) >= 11 is 0. The van der Waals surface area contributed by atoms with Crippen LogP contribution in [0.3, 0.4) is 0 Å². The number of aromatic nitrogens is 3. The van der Waals surface area contributed by atoms with Gasteiger partial charge in [0, 0.05) is 0 Å². The SMILES string of the molecule is COc1nnc(C(=O)O)n1-c1ccccc1. The van der Waals surface area contributed by atoms with Crippen LogP contribution in [-0.2, 0) is 0 Å². The molecule has 1 aromatic carbocycles. The number of methoxy groups -OCH3 is 1. The number of carboxylic acid groups (broad SMARTS) is 1. The third-order valence-corrected chi connectivity index (χ3v) is 2.02. The molecule has 0 radical (unpaired) electrons. The third-order valence-electron chi connectivity index (χ3n) is 2.02. The molecule has 2 aromatic rings. The van der Waals surface area contributed by atoms with E-state index in [4.69, 9.17) is 9.84 Å². The molecule has 1 aromatic heterocycles. The van der Waals surface area contributed by atoms with Gasteiger partial charge in [0.1, 0.15) is 0 Å². The van der Waals surface area contributed by atoms with Crippen molar-refractivity contribution in [2.45, 2.75) is 0 Å². The zero-order valence-corrected chi connectivity index (χ0v) is 8.49. The van der Waals surface area contributed by atoms with E-state index in [1.165, 1.54) is 11.7 Å². The van der Waals surface area contributed by atoms with Crippen LogP contribution in [0.4, 0.5) is 0 Å². The molecular weight excluding hydrogens is 210 g/mol. The lowest BCUT2D eigenvalue weighted by Crippen LogP contribution is -2.09. The first-order valence-electron chi connectivity index (χ1n) is 4.52. The van der Waals surface area contributed by atoms with E-state index in [9.17, 15) is 4.79 Å². The van der Waals surface area contributed by atoms with Gasteiger partial charge in [0.25, 0.3) is 0 Å². The van der Waals surface area contributed by atoms with E-state index in [-0.39, 0.29) is 11.8 Å². The molecule has 0 saturated carbocycles. The summed E-state index contributed by atoms with van der Waals surface area (Å²) in [6.45, 7) is 0. The number of hydrogen-bond acceptors (Lipinski definition) is 4. The molecule has 0 aliphatic carbocycles. The largest absolute Gasteiger partial charge is 0.475 e. The molecule has 6 heteroatoms. The number of benzene rings is 1. The first-order chi connectivity index (χ1) is 7.74. The topological polar surface area (TPSA) is 77.2 Å². The van der Waals surface area contributed by atoms with Gasteiger partial charge in [0.15, 0.2) is 0 Å². The van der Waals surface area contributed by atoms with Crippen LogP contribution < -0.4 is 4.74 Å². The van der Waals surface area contributed by atoms with Crippen molar-refractivity contribution in [2.24, 2.45) is 0 Å². The fourth-order valence-electron chi connectivity index (χ4n) is 1.35. The van der Waals surface area contributed by atoms with Crippen molar-refractivity contribution in [1.29, 1.82) is 0 Å². The maximum Gasteiger partial charge on any atom is 0.374 e. The normalized spacial score (nSPS) is 10.1. The Morgan fingerprint density at radius 1 is 1.31 bits per heavy atom. The number of para-hydroxylation sites is 1. The fourth-order valence-corrected chi connectivity index (χ4v) is 1.35. The lowest BCUT2D eigenvalue weighted by Gasteiger charge is -2.06. The number of carboxylic acids is 1. The number of ether oxygens (including phenoxy) is 1. The van der Waals surface area contributed by atoms with Crippen molar-refractivity contribution in [1.82, 2.24) is 14.8 Å². The monoisotopic (exact) mass is 219 g/mol. The standard InChI is InChI=1S/C10H9N3O3/c1-16-10-12-11-8(9(14)15)13(10)7-5-3-2-4-6-7/h2-6H,1H3,(H,14,15). The highest BCUT2D eigenvalue weighted by Gasteiger charge is 2.19. The Labute approximate surface area is 91.1 Å². The second-order valence-corrected chi connectivity index (χ2v) is 2.99. The van der Waals surface area contributed by atoms with E-state index in [2.05, 4.69) is 10.2 Å². The van der Waals surface area contributed by atoms with Crippen molar-refractivity contribution in [2.75, 3.05) is 7.11 Å². The molecule has 0 atom stereocenters. The summed E-state index contributed by atoms with van der Waals surface area (Å²) in [5.41, 5.74) is 0.641. The average Bonchev–Trinajstić information content (AvgIpc) is 2.73. The second kappa shape index (κ2) is 4.01. The summed E-state index contributed by atoms with van der Waals surface area (Å²) in [4.78, 5) is 10.9. The molecule has 0 spiro atoms. The Kier molecular flexibility index (Phi) is 2.55. The number of hydrogen-bond donors (Lipinski definition) is 1. The predicted molar refractivity (Wildman–Crippen MR) is 54.9 cm³/mol. The van der Waals surface area contributed by atoms with Gasteiger partial charge < -0.3 is 9.84 Å². The molecule has 16 heavy (non-hydrogen) atoms. The molecule has 0 aliphatic rings. The van der Waals surface area contributed by atoms with Crippen LogP contribution in [0.15, 0.2) is 30.3 Å². The van der Waals surface area contributed by atoms with Gasteiger partial charge in [-0.1, -0.05) is 23.3 Å². The minimum absolute atomic E-state index is 0.142. The number of rotatable bonds is 3. The Morgan fingerprint density at radius 2 is 2.00 bits per heavy atom. The van der Waals surface area contributed by atoms with Crippen molar-refractivity contribution in [3.05, 3.63) is 36.2 Å². The van der Waals surface area contributed by atoms with Crippen LogP contribution in [0.2, 0.25) is 0 Å². The molecule has 0 saturated heterocycles. The minimum atomic E-state index is -1.15. The maximum atomic E-state index is 10.9. The van der Waals surface area contributed by atoms with E-state index in [0.717, 1.165) is 0 Å². The smallest absolute Gasteiger partial charge is 0.374 e. The first kappa shape index (κ1) is 10.2. The van der Waals surface area contributed by atoms with E-state index >= 15 is 0 Å². The van der Waals surface area contributed by atoms with Gasteiger partial charge in [-0.2, -0.15) is 0 Å². The van der Waals surface area contributed by atoms with Gasteiger partial charge in [0.05, 0.1) is 12.8 Å². The van der Waals surface area contributed by atoms with Crippen molar-refractivity contribution >= 4 is 5.97 Å². The summed E-state index contributed by atoms with van der Waals surface area (Å²) in [7, 11) is 1.41. The molecule has 82 valence electrons. The predicted octanol–water partition coefficient (Wildman–Crippen LogP) is 0.974. The maximum absolute atomic E-state index is 10.9. The van der Waals surface area contributed by atoms with Crippen LogP contribution in [-0.4, -0.2) is 33.0 Å². The van der Waals surface area contributed by atoms with E-state index < -0.39 is 5.97 Å². The Morgan fingerprint density at radius 3 is 2.56 bits per heavy atom.